The molecule has 0 saturated carbocycles. The van der Waals surface area contributed by atoms with Crippen LogP contribution in [0.3, 0.4) is 0 Å². The summed E-state index contributed by atoms with van der Waals surface area (Å²) in [6, 6.07) is 7.09. The molecule has 0 fully saturated rings. The Labute approximate surface area is 137 Å². The van der Waals surface area contributed by atoms with E-state index in [1.54, 1.807) is 19.1 Å². The zero-order valence-corrected chi connectivity index (χ0v) is 13.3. The minimum Gasteiger partial charge on any atom is -0.465 e. The van der Waals surface area contributed by atoms with Crippen LogP contribution in [0.1, 0.15) is 22.3 Å². The summed E-state index contributed by atoms with van der Waals surface area (Å²) < 4.78 is 5.71. The van der Waals surface area contributed by atoms with Gasteiger partial charge in [-0.3, -0.25) is 19.5 Å². The van der Waals surface area contributed by atoms with Crippen molar-refractivity contribution in [1.82, 2.24) is 9.78 Å². The number of anilines is 1. The number of carbonyl (C=O) groups is 2. The molecule has 0 bridgehead atoms. The van der Waals surface area contributed by atoms with Gasteiger partial charge in [-0.15, -0.1) is 0 Å². The fourth-order valence-electron chi connectivity index (χ4n) is 2.06. The molecule has 0 unspecified atom stereocenters. The van der Waals surface area contributed by atoms with Crippen molar-refractivity contribution in [1.29, 1.82) is 0 Å². The second-order valence-electron chi connectivity index (χ2n) is 5.12. The van der Waals surface area contributed by atoms with Crippen LogP contribution in [0.25, 0.3) is 0 Å². The molecule has 0 spiro atoms. The molecular formula is C16H17N3O5. The molecule has 126 valence electrons. The standard InChI is InChI=1S/C16H17N3O5/c1-10-3-4-11(16(23)24-2)9-12(10)17-13(20)7-8-19-15(22)6-5-14(21)18-19/h3-6,9H,7-8H2,1-2H3,(H,17,20)(H,18,21). The molecule has 0 saturated heterocycles. The number of methoxy groups -OCH3 is 1. The molecule has 1 aromatic carbocycles. The number of rotatable bonds is 5. The highest BCUT2D eigenvalue weighted by Gasteiger charge is 2.10. The van der Waals surface area contributed by atoms with Gasteiger partial charge in [0, 0.05) is 24.2 Å². The average Bonchev–Trinajstić information content (AvgIpc) is 2.57. The van der Waals surface area contributed by atoms with Gasteiger partial charge in [0.2, 0.25) is 5.91 Å². The van der Waals surface area contributed by atoms with Crippen molar-refractivity contribution in [2.24, 2.45) is 0 Å². The van der Waals surface area contributed by atoms with Gasteiger partial charge in [-0.1, -0.05) is 6.07 Å². The summed E-state index contributed by atoms with van der Waals surface area (Å²) in [5, 5.41) is 5.03. The maximum absolute atomic E-state index is 12.1. The third-order valence-electron chi connectivity index (χ3n) is 3.38. The number of esters is 1. The Bertz CT molecular complexity index is 882. The van der Waals surface area contributed by atoms with Crippen LogP contribution < -0.4 is 16.4 Å². The first-order valence-corrected chi connectivity index (χ1v) is 7.19. The smallest absolute Gasteiger partial charge is 0.337 e. The number of ether oxygens (including phenoxy) is 1. The number of carbonyl (C=O) groups excluding carboxylic acids is 2. The van der Waals surface area contributed by atoms with Gasteiger partial charge in [-0.25, -0.2) is 9.48 Å². The molecule has 0 aliphatic heterocycles. The Hall–Kier alpha value is -3.16. The zero-order valence-electron chi connectivity index (χ0n) is 13.3. The van der Waals surface area contributed by atoms with Crippen molar-refractivity contribution in [2.45, 2.75) is 19.9 Å². The maximum atomic E-state index is 12.1. The van der Waals surface area contributed by atoms with E-state index >= 15 is 0 Å². The normalized spacial score (nSPS) is 10.2. The number of aromatic nitrogens is 2. The first-order valence-electron chi connectivity index (χ1n) is 7.19. The van der Waals surface area contributed by atoms with E-state index in [2.05, 4.69) is 15.2 Å². The predicted octanol–water partition coefficient (Wildman–Crippen LogP) is 0.660. The molecule has 0 aliphatic carbocycles. The highest BCUT2D eigenvalue weighted by Crippen LogP contribution is 2.17. The molecule has 2 aromatic rings. The molecule has 8 nitrogen and oxygen atoms in total. The van der Waals surface area contributed by atoms with Crippen molar-refractivity contribution in [2.75, 3.05) is 12.4 Å². The van der Waals surface area contributed by atoms with Gasteiger partial charge in [-0.05, 0) is 24.6 Å². The first kappa shape index (κ1) is 17.2. The van der Waals surface area contributed by atoms with Crippen molar-refractivity contribution >= 4 is 17.6 Å². The number of hydrogen-bond acceptors (Lipinski definition) is 5. The van der Waals surface area contributed by atoms with Crippen LogP contribution in [0.2, 0.25) is 0 Å². The summed E-state index contributed by atoms with van der Waals surface area (Å²) in [7, 11) is 1.28. The van der Waals surface area contributed by atoms with Gasteiger partial charge in [-0.2, -0.15) is 0 Å². The SMILES string of the molecule is COC(=O)c1ccc(C)c(NC(=O)CCn2[nH]c(=O)ccc2=O)c1. The van der Waals surface area contributed by atoms with Crippen molar-refractivity contribution in [3.05, 3.63) is 62.2 Å². The molecule has 2 N–H and O–H groups in total. The van der Waals surface area contributed by atoms with Gasteiger partial charge in [0.15, 0.2) is 0 Å². The number of aryl methyl sites for hydroxylation is 2. The summed E-state index contributed by atoms with van der Waals surface area (Å²) in [6.07, 6.45) is -0.0122. The summed E-state index contributed by atoms with van der Waals surface area (Å²) in [5.41, 5.74) is 0.767. The molecular weight excluding hydrogens is 314 g/mol. The fourth-order valence-corrected chi connectivity index (χ4v) is 2.06. The highest BCUT2D eigenvalue weighted by atomic mass is 16.5. The Balaban J connectivity index is 2.07. The summed E-state index contributed by atoms with van der Waals surface area (Å²) >= 11 is 0. The van der Waals surface area contributed by atoms with Crippen molar-refractivity contribution in [3.8, 4) is 0 Å². The summed E-state index contributed by atoms with van der Waals surface area (Å²) in [5.74, 6) is -0.851. The molecule has 2 rings (SSSR count). The quantitative estimate of drug-likeness (QED) is 0.782. The Morgan fingerprint density at radius 2 is 1.96 bits per heavy atom. The topological polar surface area (TPSA) is 110 Å². The Morgan fingerprint density at radius 1 is 1.21 bits per heavy atom. The van der Waals surface area contributed by atoms with Crippen LogP contribution in [0, 0.1) is 6.92 Å². The number of H-pyrrole nitrogens is 1. The molecule has 0 atom stereocenters. The van der Waals surface area contributed by atoms with E-state index in [-0.39, 0.29) is 18.9 Å². The number of aromatic amines is 1. The third-order valence-corrected chi connectivity index (χ3v) is 3.38. The molecule has 24 heavy (non-hydrogen) atoms. The zero-order chi connectivity index (χ0) is 17.7. The molecule has 1 aromatic heterocycles. The lowest BCUT2D eigenvalue weighted by molar-refractivity contribution is -0.116. The molecule has 8 heteroatoms. The Morgan fingerprint density at radius 3 is 2.67 bits per heavy atom. The molecule has 1 amide bonds. The lowest BCUT2D eigenvalue weighted by Gasteiger charge is -2.10. The largest absolute Gasteiger partial charge is 0.465 e. The van der Waals surface area contributed by atoms with Gasteiger partial charge in [0.25, 0.3) is 11.1 Å². The van der Waals surface area contributed by atoms with E-state index in [9.17, 15) is 19.2 Å². The third kappa shape index (κ3) is 4.19. The predicted molar refractivity (Wildman–Crippen MR) is 87.1 cm³/mol. The number of hydrogen-bond donors (Lipinski definition) is 2. The minimum atomic E-state index is -0.501. The number of benzene rings is 1. The number of amides is 1. The minimum absolute atomic E-state index is 0.0122. The fraction of sp³-hybridized carbons (Fsp3) is 0.250. The first-order chi connectivity index (χ1) is 11.4. The number of nitrogens with zero attached hydrogens (tertiary/aromatic N) is 1. The van der Waals surface area contributed by atoms with Crippen LogP contribution >= 0.6 is 0 Å². The van der Waals surface area contributed by atoms with Crippen LogP contribution in [-0.2, 0) is 16.1 Å². The van der Waals surface area contributed by atoms with Crippen LogP contribution in [0.5, 0.6) is 0 Å². The van der Waals surface area contributed by atoms with E-state index in [0.29, 0.717) is 11.3 Å². The second kappa shape index (κ2) is 7.40. The summed E-state index contributed by atoms with van der Waals surface area (Å²) in [4.78, 5) is 46.3. The lowest BCUT2D eigenvalue weighted by atomic mass is 10.1. The monoisotopic (exact) mass is 331 g/mol. The molecule has 1 heterocycles. The van der Waals surface area contributed by atoms with Crippen LogP contribution in [0.4, 0.5) is 5.69 Å². The summed E-state index contributed by atoms with van der Waals surface area (Å²) in [6.45, 7) is 1.83. The van der Waals surface area contributed by atoms with E-state index in [0.717, 1.165) is 22.4 Å². The average molecular weight is 331 g/mol. The van der Waals surface area contributed by atoms with Crippen LogP contribution in [0.15, 0.2) is 39.9 Å². The van der Waals surface area contributed by atoms with Gasteiger partial charge < -0.3 is 10.1 Å². The second-order valence-corrected chi connectivity index (χ2v) is 5.12. The van der Waals surface area contributed by atoms with E-state index in [1.807, 2.05) is 0 Å². The van der Waals surface area contributed by atoms with Crippen molar-refractivity contribution < 1.29 is 14.3 Å². The van der Waals surface area contributed by atoms with Gasteiger partial charge in [0.05, 0.1) is 19.2 Å². The van der Waals surface area contributed by atoms with Gasteiger partial charge in [0.1, 0.15) is 0 Å². The Kier molecular flexibility index (Phi) is 5.31. The molecule has 0 radical (unpaired) electrons. The van der Waals surface area contributed by atoms with Crippen LogP contribution in [-0.4, -0.2) is 28.8 Å². The van der Waals surface area contributed by atoms with Gasteiger partial charge >= 0.3 is 5.97 Å². The van der Waals surface area contributed by atoms with E-state index in [1.165, 1.54) is 13.2 Å². The lowest BCUT2D eigenvalue weighted by Crippen LogP contribution is -2.29. The highest BCUT2D eigenvalue weighted by molar-refractivity contribution is 5.95. The van der Waals surface area contributed by atoms with Crippen molar-refractivity contribution in [3.63, 3.8) is 0 Å². The maximum Gasteiger partial charge on any atom is 0.337 e. The number of nitrogens with one attached hydrogen (secondary N) is 2. The molecule has 0 aliphatic rings. The van der Waals surface area contributed by atoms with E-state index in [4.69, 9.17) is 0 Å². The van der Waals surface area contributed by atoms with E-state index < -0.39 is 17.1 Å².